The van der Waals surface area contributed by atoms with Crippen LogP contribution in [0.5, 0.6) is 0 Å². The lowest BCUT2D eigenvalue weighted by Gasteiger charge is -2.35. The van der Waals surface area contributed by atoms with Crippen LogP contribution in [0, 0.1) is 10.8 Å². The van der Waals surface area contributed by atoms with Gasteiger partial charge in [0.1, 0.15) is 12.1 Å². The minimum absolute atomic E-state index is 0.120. The molecule has 308 valence electrons. The average Bonchev–Trinajstić information content (AvgIpc) is 3.11. The molecule has 4 atom stereocenters. The normalized spacial score (nSPS) is 13.8. The van der Waals surface area contributed by atoms with E-state index in [2.05, 4.69) is 26.4 Å². The Balaban J connectivity index is 0.00000203. The van der Waals surface area contributed by atoms with Gasteiger partial charge in [0.05, 0.1) is 32.1 Å². The molecular formula is C38H54N6O11S. The molecule has 0 aliphatic rings. The van der Waals surface area contributed by atoms with Crippen LogP contribution in [0.1, 0.15) is 52.7 Å². The topological polar surface area (TPSA) is 246 Å². The zero-order chi connectivity index (χ0) is 42.3. The smallest absolute Gasteiger partial charge is 0.407 e. The molecule has 7 N–H and O–H groups in total. The van der Waals surface area contributed by atoms with E-state index in [4.69, 9.17) is 27.0 Å². The molecule has 0 aliphatic heterocycles. The van der Waals surface area contributed by atoms with Crippen molar-refractivity contribution in [3.05, 3.63) is 90.1 Å². The van der Waals surface area contributed by atoms with Gasteiger partial charge < -0.3 is 30.5 Å². The monoisotopic (exact) mass is 802 g/mol. The Labute approximate surface area is 328 Å². The lowest BCUT2D eigenvalue weighted by Crippen LogP contribution is -2.60. The number of aliphatic hydroxyl groups excluding tert-OH is 1. The molecule has 0 saturated carbocycles. The van der Waals surface area contributed by atoms with Crippen molar-refractivity contribution < 1.29 is 51.3 Å². The van der Waals surface area contributed by atoms with E-state index in [1.807, 2.05) is 93.6 Å². The molecule has 1 aromatic heterocycles. The Morgan fingerprint density at radius 1 is 0.732 bits per heavy atom. The number of benzene rings is 2. The number of carbonyl (C=O) groups excluding carboxylic acids is 4. The zero-order valence-electron chi connectivity index (χ0n) is 32.8. The highest BCUT2D eigenvalue weighted by Gasteiger charge is 2.37. The summed E-state index contributed by atoms with van der Waals surface area (Å²) < 4.78 is 41.1. The fourth-order valence-electron chi connectivity index (χ4n) is 5.38. The summed E-state index contributed by atoms with van der Waals surface area (Å²) in [6.45, 7) is 10.9. The number of pyridine rings is 1. The second-order valence-electron chi connectivity index (χ2n) is 15.0. The van der Waals surface area contributed by atoms with Crippen molar-refractivity contribution in [1.29, 1.82) is 0 Å². The van der Waals surface area contributed by atoms with Crippen LogP contribution in [0.15, 0.2) is 79.0 Å². The van der Waals surface area contributed by atoms with Crippen molar-refractivity contribution in [1.82, 2.24) is 31.4 Å². The summed E-state index contributed by atoms with van der Waals surface area (Å²) in [5, 5.41) is 21.6. The predicted molar refractivity (Wildman–Crippen MR) is 208 cm³/mol. The van der Waals surface area contributed by atoms with E-state index in [-0.39, 0.29) is 19.5 Å². The molecule has 0 fully saturated rings. The minimum atomic E-state index is -4.67. The number of nitrogens with zero attached hydrogens (tertiary/aromatic N) is 2. The number of hydrogen-bond donors (Lipinski definition) is 7. The van der Waals surface area contributed by atoms with Gasteiger partial charge >= 0.3 is 22.6 Å². The number of hydrazine groups is 1. The first-order chi connectivity index (χ1) is 26.0. The van der Waals surface area contributed by atoms with Gasteiger partial charge in [-0.15, -0.1) is 0 Å². The number of carbonyl (C=O) groups is 4. The average molecular weight is 803 g/mol. The summed E-state index contributed by atoms with van der Waals surface area (Å²) >= 11 is 0. The van der Waals surface area contributed by atoms with Crippen molar-refractivity contribution in [2.45, 2.75) is 78.7 Å². The molecule has 0 radical (unpaired) electrons. The quantitative estimate of drug-likeness (QED) is 0.0912. The highest BCUT2D eigenvalue weighted by atomic mass is 32.3. The van der Waals surface area contributed by atoms with Crippen LogP contribution in [0.2, 0.25) is 0 Å². The summed E-state index contributed by atoms with van der Waals surface area (Å²) in [7, 11) is -2.23. The van der Waals surface area contributed by atoms with Gasteiger partial charge in [0.15, 0.2) is 0 Å². The van der Waals surface area contributed by atoms with E-state index in [0.717, 1.165) is 22.4 Å². The number of methoxy groups -OCH3 is 2. The number of hydrogen-bond acceptors (Lipinski definition) is 11. The number of rotatable bonds is 14. The third-order valence-electron chi connectivity index (χ3n) is 8.21. The first-order valence-electron chi connectivity index (χ1n) is 17.5. The highest BCUT2D eigenvalue weighted by molar-refractivity contribution is 7.79. The molecule has 0 saturated heterocycles. The van der Waals surface area contributed by atoms with Crippen LogP contribution in [-0.4, -0.2) is 102 Å². The van der Waals surface area contributed by atoms with Crippen LogP contribution in [0.25, 0.3) is 11.3 Å². The molecule has 2 aromatic carbocycles. The molecule has 56 heavy (non-hydrogen) atoms. The molecule has 0 bridgehead atoms. The number of aliphatic hydroxyl groups is 1. The number of amides is 4. The molecule has 0 unspecified atom stereocenters. The van der Waals surface area contributed by atoms with Gasteiger partial charge in [0.2, 0.25) is 5.91 Å². The number of aromatic nitrogens is 1. The summed E-state index contributed by atoms with van der Waals surface area (Å²) in [5.74, 6) is -1.03. The zero-order valence-corrected chi connectivity index (χ0v) is 33.7. The lowest BCUT2D eigenvalue weighted by atomic mass is 9.85. The maximum Gasteiger partial charge on any atom is 0.407 e. The largest absolute Gasteiger partial charge is 0.453 e. The summed E-state index contributed by atoms with van der Waals surface area (Å²) in [6, 6.07) is 19.8. The second kappa shape index (κ2) is 21.2. The number of ether oxygens (including phenoxy) is 2. The minimum Gasteiger partial charge on any atom is -0.453 e. The van der Waals surface area contributed by atoms with Crippen molar-refractivity contribution in [2.24, 2.45) is 10.8 Å². The Kier molecular flexibility index (Phi) is 17.8. The van der Waals surface area contributed by atoms with Gasteiger partial charge in [-0.1, -0.05) is 102 Å². The molecule has 0 aliphatic carbocycles. The van der Waals surface area contributed by atoms with Crippen LogP contribution < -0.4 is 21.4 Å². The number of alkyl carbamates (subject to hydrolysis) is 2. The van der Waals surface area contributed by atoms with E-state index in [9.17, 15) is 24.3 Å². The third kappa shape index (κ3) is 17.1. The van der Waals surface area contributed by atoms with E-state index in [1.165, 1.54) is 14.2 Å². The second-order valence-corrected chi connectivity index (χ2v) is 15.9. The van der Waals surface area contributed by atoms with Gasteiger partial charge in [0.25, 0.3) is 5.91 Å². The maximum atomic E-state index is 13.8. The summed E-state index contributed by atoms with van der Waals surface area (Å²) in [5.41, 5.74) is 4.88. The standard InChI is InChI=1S/C38H52N6O7.H2O4S/c1-37(2,3)31(41-35(48)50-7)33(46)40-29(22-25-14-10-9-11-15-25)30(45)24-44(43-34(47)32(38(4,5)6)42-36(49)51-8)23-26-17-19-27(20-18-26)28-16-12-13-21-39-28;1-5(2,3)4/h9-21,29-32,45H,22-24H2,1-8H3,(H,40,46)(H,41,48)(H,42,49)(H,43,47);(H2,1,2,3,4)/t29-,30+,31+,32-;/m0./s1. The lowest BCUT2D eigenvalue weighted by molar-refractivity contribution is -0.132. The molecule has 3 rings (SSSR count). The van der Waals surface area contributed by atoms with Crippen LogP contribution in [0.3, 0.4) is 0 Å². The van der Waals surface area contributed by atoms with Crippen LogP contribution in [-0.2, 0) is 42.4 Å². The molecule has 0 spiro atoms. The van der Waals surface area contributed by atoms with Crippen molar-refractivity contribution in [3.63, 3.8) is 0 Å². The Morgan fingerprint density at radius 2 is 1.23 bits per heavy atom. The van der Waals surface area contributed by atoms with E-state index >= 15 is 0 Å². The molecule has 18 heteroatoms. The molecular weight excluding hydrogens is 749 g/mol. The Bertz CT molecular complexity index is 1810. The molecule has 3 aromatic rings. The van der Waals surface area contributed by atoms with Gasteiger partial charge in [-0.3, -0.25) is 29.1 Å². The Morgan fingerprint density at radius 3 is 1.70 bits per heavy atom. The van der Waals surface area contributed by atoms with E-state index in [1.54, 1.807) is 32.0 Å². The van der Waals surface area contributed by atoms with Gasteiger partial charge in [-0.05, 0) is 40.5 Å². The van der Waals surface area contributed by atoms with Crippen LogP contribution in [0.4, 0.5) is 9.59 Å². The Hall–Kier alpha value is -5.14. The summed E-state index contributed by atoms with van der Waals surface area (Å²) in [4.78, 5) is 56.3. The fraction of sp³-hybridized carbons (Fsp3) is 0.447. The first-order valence-corrected chi connectivity index (χ1v) is 18.9. The molecule has 1 heterocycles. The SMILES string of the molecule is COC(=O)N[C@H](C(=O)N[C@@H](Cc1ccccc1)[C@H](O)CN(Cc1ccc(-c2ccccn2)cc1)NC(=O)[C@H](NC(=O)OC)C(C)(C)C)C(C)(C)C.O=S(=O)(O)O. The highest BCUT2D eigenvalue weighted by Crippen LogP contribution is 2.23. The first kappa shape index (κ1) is 47.0. The van der Waals surface area contributed by atoms with Gasteiger partial charge in [-0.25, -0.2) is 14.6 Å². The molecule has 17 nitrogen and oxygen atoms in total. The maximum absolute atomic E-state index is 13.8. The van der Waals surface area contributed by atoms with Crippen molar-refractivity contribution in [3.8, 4) is 11.3 Å². The van der Waals surface area contributed by atoms with E-state index < -0.39 is 69.5 Å². The fourth-order valence-corrected chi connectivity index (χ4v) is 5.38. The molecule has 4 amide bonds. The predicted octanol–water partition coefficient (Wildman–Crippen LogP) is 3.56. The van der Waals surface area contributed by atoms with Gasteiger partial charge in [-0.2, -0.15) is 8.42 Å². The van der Waals surface area contributed by atoms with Crippen molar-refractivity contribution in [2.75, 3.05) is 20.8 Å². The van der Waals surface area contributed by atoms with E-state index in [0.29, 0.717) is 0 Å². The van der Waals surface area contributed by atoms with Crippen LogP contribution >= 0.6 is 0 Å². The van der Waals surface area contributed by atoms with Crippen molar-refractivity contribution >= 4 is 34.4 Å². The van der Waals surface area contributed by atoms with Gasteiger partial charge in [0, 0.05) is 24.8 Å². The summed E-state index contributed by atoms with van der Waals surface area (Å²) in [6.07, 6.45) is -0.778. The number of nitrogens with one attached hydrogen (secondary N) is 4. The third-order valence-corrected chi connectivity index (χ3v) is 8.21.